The Balaban J connectivity index is 2.36. The van der Waals surface area contributed by atoms with Crippen LogP contribution in [0.1, 0.15) is 26.7 Å². The van der Waals surface area contributed by atoms with Crippen LogP contribution in [0.15, 0.2) is 0 Å². The molecule has 1 fully saturated rings. The number of rotatable bonds is 2. The van der Waals surface area contributed by atoms with E-state index < -0.39 is 0 Å². The smallest absolute Gasteiger partial charge is 0.221 e. The Labute approximate surface area is 67.5 Å². The monoisotopic (exact) mass is 156 g/mol. The van der Waals surface area contributed by atoms with Gasteiger partial charge in [0.25, 0.3) is 0 Å². The van der Waals surface area contributed by atoms with Crippen LogP contribution in [0.25, 0.3) is 0 Å². The molecule has 1 aliphatic heterocycles. The zero-order chi connectivity index (χ0) is 8.27. The maximum Gasteiger partial charge on any atom is 0.221 e. The van der Waals surface area contributed by atoms with Crippen LogP contribution in [-0.2, 0) is 4.79 Å². The average Bonchev–Trinajstić information content (AvgIpc) is 1.85. The Morgan fingerprint density at radius 1 is 1.73 bits per heavy atom. The van der Waals surface area contributed by atoms with E-state index in [0.29, 0.717) is 18.5 Å². The molecule has 11 heavy (non-hydrogen) atoms. The van der Waals surface area contributed by atoms with Crippen LogP contribution >= 0.6 is 0 Å². The molecule has 1 heterocycles. The molecule has 0 saturated carbocycles. The van der Waals surface area contributed by atoms with Gasteiger partial charge in [-0.25, -0.2) is 0 Å². The molecular weight excluding hydrogens is 140 g/mol. The summed E-state index contributed by atoms with van der Waals surface area (Å²) in [5.41, 5.74) is 0. The highest BCUT2D eigenvalue weighted by atomic mass is 16.1. The lowest BCUT2D eigenvalue weighted by molar-refractivity contribution is -0.123. The van der Waals surface area contributed by atoms with Gasteiger partial charge in [-0.1, -0.05) is 6.92 Å². The van der Waals surface area contributed by atoms with Gasteiger partial charge in [0.1, 0.15) is 0 Å². The molecule has 1 rings (SSSR count). The normalized spacial score (nSPS) is 31.6. The minimum atomic E-state index is 0.176. The van der Waals surface area contributed by atoms with E-state index in [1.807, 2.05) is 6.92 Å². The summed E-state index contributed by atoms with van der Waals surface area (Å²) in [5.74, 6) is 0.176. The van der Waals surface area contributed by atoms with Crippen LogP contribution in [0.3, 0.4) is 0 Å². The molecular formula is C8H16N2O. The van der Waals surface area contributed by atoms with Crippen LogP contribution in [0.2, 0.25) is 0 Å². The van der Waals surface area contributed by atoms with Gasteiger partial charge >= 0.3 is 0 Å². The van der Waals surface area contributed by atoms with Gasteiger partial charge in [-0.3, -0.25) is 4.79 Å². The van der Waals surface area contributed by atoms with Crippen LogP contribution in [-0.4, -0.2) is 24.5 Å². The third-order valence-corrected chi connectivity index (χ3v) is 1.97. The SMILES string of the molecule is CCNC1CC(=O)NC(C)C1. The molecule has 64 valence electrons. The number of nitrogens with one attached hydrogen (secondary N) is 2. The molecule has 3 heteroatoms. The molecule has 2 N–H and O–H groups in total. The summed E-state index contributed by atoms with van der Waals surface area (Å²) < 4.78 is 0. The topological polar surface area (TPSA) is 41.1 Å². The summed E-state index contributed by atoms with van der Waals surface area (Å²) in [5, 5.41) is 6.17. The van der Waals surface area contributed by atoms with E-state index in [1.54, 1.807) is 0 Å². The molecule has 1 aliphatic rings. The maximum atomic E-state index is 11.0. The molecule has 0 aromatic rings. The van der Waals surface area contributed by atoms with Crippen molar-refractivity contribution in [1.29, 1.82) is 0 Å². The van der Waals surface area contributed by atoms with Gasteiger partial charge in [-0.2, -0.15) is 0 Å². The Kier molecular flexibility index (Phi) is 2.88. The molecule has 1 saturated heterocycles. The number of amides is 1. The fraction of sp³-hybridized carbons (Fsp3) is 0.875. The van der Waals surface area contributed by atoms with E-state index in [0.717, 1.165) is 13.0 Å². The van der Waals surface area contributed by atoms with Crippen molar-refractivity contribution in [2.45, 2.75) is 38.8 Å². The van der Waals surface area contributed by atoms with E-state index in [1.165, 1.54) is 0 Å². The Morgan fingerprint density at radius 3 is 3.00 bits per heavy atom. The Bertz CT molecular complexity index is 147. The fourth-order valence-electron chi connectivity index (χ4n) is 1.57. The van der Waals surface area contributed by atoms with Crippen LogP contribution in [0.4, 0.5) is 0 Å². The summed E-state index contributed by atoms with van der Waals surface area (Å²) >= 11 is 0. The second kappa shape index (κ2) is 3.72. The second-order valence-corrected chi connectivity index (χ2v) is 3.16. The third-order valence-electron chi connectivity index (χ3n) is 1.97. The molecule has 1 amide bonds. The third kappa shape index (κ3) is 2.50. The van der Waals surface area contributed by atoms with Crippen molar-refractivity contribution < 1.29 is 4.79 Å². The fourth-order valence-corrected chi connectivity index (χ4v) is 1.57. The molecule has 0 spiro atoms. The number of carbonyl (C=O) groups excluding carboxylic acids is 1. The highest BCUT2D eigenvalue weighted by Gasteiger charge is 2.22. The first-order valence-electron chi connectivity index (χ1n) is 4.25. The molecule has 0 aliphatic carbocycles. The van der Waals surface area contributed by atoms with E-state index >= 15 is 0 Å². The first-order valence-corrected chi connectivity index (χ1v) is 4.25. The summed E-state index contributed by atoms with van der Waals surface area (Å²) in [6.07, 6.45) is 1.69. The van der Waals surface area contributed by atoms with Gasteiger partial charge in [0.05, 0.1) is 0 Å². The minimum absolute atomic E-state index is 0.176. The van der Waals surface area contributed by atoms with Gasteiger partial charge < -0.3 is 10.6 Å². The highest BCUT2D eigenvalue weighted by Crippen LogP contribution is 2.08. The summed E-state index contributed by atoms with van der Waals surface area (Å²) in [6, 6.07) is 0.726. The zero-order valence-corrected chi connectivity index (χ0v) is 7.18. The van der Waals surface area contributed by atoms with Gasteiger partial charge in [-0.15, -0.1) is 0 Å². The van der Waals surface area contributed by atoms with E-state index in [9.17, 15) is 4.79 Å². The van der Waals surface area contributed by atoms with Crippen molar-refractivity contribution >= 4 is 5.91 Å². The number of hydrogen-bond acceptors (Lipinski definition) is 2. The van der Waals surface area contributed by atoms with Gasteiger partial charge in [-0.05, 0) is 19.9 Å². The van der Waals surface area contributed by atoms with Crippen molar-refractivity contribution in [2.24, 2.45) is 0 Å². The Morgan fingerprint density at radius 2 is 2.45 bits per heavy atom. The van der Waals surface area contributed by atoms with Gasteiger partial charge in [0.15, 0.2) is 0 Å². The number of carbonyl (C=O) groups is 1. The second-order valence-electron chi connectivity index (χ2n) is 3.16. The van der Waals surface area contributed by atoms with Crippen molar-refractivity contribution in [2.75, 3.05) is 6.54 Å². The van der Waals surface area contributed by atoms with Crippen molar-refractivity contribution in [3.63, 3.8) is 0 Å². The summed E-state index contributed by atoms with van der Waals surface area (Å²) in [4.78, 5) is 11.0. The van der Waals surface area contributed by atoms with Crippen molar-refractivity contribution in [3.05, 3.63) is 0 Å². The lowest BCUT2D eigenvalue weighted by Crippen LogP contribution is -2.47. The van der Waals surface area contributed by atoms with Crippen molar-refractivity contribution in [1.82, 2.24) is 10.6 Å². The van der Waals surface area contributed by atoms with Gasteiger partial charge in [0.2, 0.25) is 5.91 Å². The lowest BCUT2D eigenvalue weighted by atomic mass is 10.0. The van der Waals surface area contributed by atoms with Crippen LogP contribution in [0, 0.1) is 0 Å². The standard InChI is InChI=1S/C8H16N2O/c1-3-9-7-4-6(2)10-8(11)5-7/h6-7,9H,3-5H2,1-2H3,(H,10,11). The molecule has 2 atom stereocenters. The number of piperidine rings is 1. The highest BCUT2D eigenvalue weighted by molar-refractivity contribution is 5.77. The largest absolute Gasteiger partial charge is 0.354 e. The van der Waals surface area contributed by atoms with E-state index in [4.69, 9.17) is 0 Å². The first kappa shape index (κ1) is 8.53. The lowest BCUT2D eigenvalue weighted by Gasteiger charge is -2.27. The predicted octanol–water partition coefficient (Wildman–Crippen LogP) is 0.263. The maximum absolute atomic E-state index is 11.0. The Hall–Kier alpha value is -0.570. The zero-order valence-electron chi connectivity index (χ0n) is 7.18. The molecule has 3 nitrogen and oxygen atoms in total. The summed E-state index contributed by atoms with van der Waals surface area (Å²) in [6.45, 7) is 5.06. The number of hydrogen-bond donors (Lipinski definition) is 2. The van der Waals surface area contributed by atoms with Gasteiger partial charge in [0, 0.05) is 18.5 Å². The van der Waals surface area contributed by atoms with Crippen LogP contribution < -0.4 is 10.6 Å². The van der Waals surface area contributed by atoms with E-state index in [-0.39, 0.29) is 5.91 Å². The van der Waals surface area contributed by atoms with Crippen molar-refractivity contribution in [3.8, 4) is 0 Å². The minimum Gasteiger partial charge on any atom is -0.354 e. The molecule has 0 aromatic carbocycles. The molecule has 0 bridgehead atoms. The molecule has 0 aromatic heterocycles. The first-order chi connectivity index (χ1) is 5.22. The average molecular weight is 156 g/mol. The quantitative estimate of drug-likeness (QED) is 0.602. The molecule has 2 unspecified atom stereocenters. The summed E-state index contributed by atoms with van der Waals surface area (Å²) in [7, 11) is 0. The molecule has 0 radical (unpaired) electrons. The van der Waals surface area contributed by atoms with Crippen LogP contribution in [0.5, 0.6) is 0 Å². The predicted molar refractivity (Wildman–Crippen MR) is 44.3 cm³/mol. The van der Waals surface area contributed by atoms with E-state index in [2.05, 4.69) is 17.6 Å².